The Morgan fingerprint density at radius 3 is 2.11 bits per heavy atom. The van der Waals surface area contributed by atoms with Gasteiger partial charge in [0.2, 0.25) is 5.91 Å². The van der Waals surface area contributed by atoms with E-state index in [-0.39, 0.29) is 11.4 Å². The largest absolute Gasteiger partial charge is 0.352 e. The third-order valence-corrected chi connectivity index (χ3v) is 4.62. The fourth-order valence-electron chi connectivity index (χ4n) is 2.92. The summed E-state index contributed by atoms with van der Waals surface area (Å²) >= 11 is 0. The first-order chi connectivity index (χ1) is 8.65. The molecule has 0 spiro atoms. The van der Waals surface area contributed by atoms with Crippen molar-refractivity contribution >= 4 is 5.91 Å². The van der Waals surface area contributed by atoms with Gasteiger partial charge in [-0.3, -0.25) is 4.79 Å². The quantitative estimate of drug-likeness (QED) is 0.733. The molecule has 0 saturated heterocycles. The molecule has 0 atom stereocenters. The third kappa shape index (κ3) is 4.60. The highest BCUT2D eigenvalue weighted by molar-refractivity contribution is 5.78. The van der Waals surface area contributed by atoms with Gasteiger partial charge in [-0.05, 0) is 32.1 Å². The van der Waals surface area contributed by atoms with Gasteiger partial charge >= 0.3 is 0 Å². The molecule has 1 saturated carbocycles. The Hall–Kier alpha value is -0.570. The molecular formula is C15H30N2O. The predicted molar refractivity (Wildman–Crippen MR) is 76.6 cm³/mol. The van der Waals surface area contributed by atoms with Crippen LogP contribution in [0.25, 0.3) is 0 Å². The molecule has 3 nitrogen and oxygen atoms in total. The summed E-state index contributed by atoms with van der Waals surface area (Å²) in [5.74, 6) is 0.168. The lowest BCUT2D eigenvalue weighted by atomic mass is 9.90. The van der Waals surface area contributed by atoms with Crippen molar-refractivity contribution in [1.82, 2.24) is 10.6 Å². The van der Waals surface area contributed by atoms with Gasteiger partial charge in [-0.2, -0.15) is 0 Å². The van der Waals surface area contributed by atoms with Crippen molar-refractivity contribution in [1.29, 1.82) is 0 Å². The fourth-order valence-corrected chi connectivity index (χ4v) is 2.92. The van der Waals surface area contributed by atoms with E-state index < -0.39 is 0 Å². The van der Waals surface area contributed by atoms with E-state index in [2.05, 4.69) is 31.4 Å². The van der Waals surface area contributed by atoms with Crippen LogP contribution < -0.4 is 10.6 Å². The summed E-state index contributed by atoms with van der Waals surface area (Å²) in [6.45, 7) is 7.04. The van der Waals surface area contributed by atoms with Crippen LogP contribution >= 0.6 is 0 Å². The summed E-state index contributed by atoms with van der Waals surface area (Å²) in [4.78, 5) is 11.9. The first kappa shape index (κ1) is 15.5. The Labute approximate surface area is 112 Å². The highest BCUT2D eigenvalue weighted by atomic mass is 16.2. The zero-order valence-corrected chi connectivity index (χ0v) is 12.3. The summed E-state index contributed by atoms with van der Waals surface area (Å²) in [5, 5.41) is 6.62. The minimum absolute atomic E-state index is 0.143. The monoisotopic (exact) mass is 254 g/mol. The van der Waals surface area contributed by atoms with Crippen LogP contribution in [0.5, 0.6) is 0 Å². The number of carbonyl (C=O) groups excluding carboxylic acids is 1. The van der Waals surface area contributed by atoms with Crippen LogP contribution in [-0.2, 0) is 4.79 Å². The highest BCUT2D eigenvalue weighted by Gasteiger charge is 2.24. The van der Waals surface area contributed by atoms with Gasteiger partial charge in [0.25, 0.3) is 0 Å². The van der Waals surface area contributed by atoms with Crippen LogP contribution in [0.2, 0.25) is 0 Å². The van der Waals surface area contributed by atoms with Crippen molar-refractivity contribution in [3.63, 3.8) is 0 Å². The summed E-state index contributed by atoms with van der Waals surface area (Å²) in [5.41, 5.74) is 0.143. The molecule has 2 N–H and O–H groups in total. The van der Waals surface area contributed by atoms with Crippen molar-refractivity contribution in [3.8, 4) is 0 Å². The zero-order valence-electron chi connectivity index (χ0n) is 12.3. The minimum atomic E-state index is 0.143. The normalized spacial score (nSPS) is 17.7. The number of carbonyl (C=O) groups is 1. The van der Waals surface area contributed by atoms with E-state index in [1.165, 1.54) is 19.3 Å². The average molecular weight is 254 g/mol. The molecule has 0 aromatic heterocycles. The van der Waals surface area contributed by atoms with Gasteiger partial charge < -0.3 is 10.6 Å². The lowest BCUT2D eigenvalue weighted by Crippen LogP contribution is -2.49. The molecule has 0 unspecified atom stereocenters. The van der Waals surface area contributed by atoms with Gasteiger partial charge in [0, 0.05) is 11.6 Å². The van der Waals surface area contributed by atoms with E-state index in [0.29, 0.717) is 12.6 Å². The van der Waals surface area contributed by atoms with E-state index in [1.54, 1.807) is 0 Å². The summed E-state index contributed by atoms with van der Waals surface area (Å²) in [6.07, 6.45) is 9.42. The molecule has 106 valence electrons. The van der Waals surface area contributed by atoms with Crippen LogP contribution in [0, 0.1) is 0 Å². The summed E-state index contributed by atoms with van der Waals surface area (Å²) in [7, 11) is 0. The predicted octanol–water partition coefficient (Wildman–Crippen LogP) is 2.99. The van der Waals surface area contributed by atoms with Gasteiger partial charge in [-0.25, -0.2) is 0 Å². The SMILES string of the molecule is CCC(CC)(CC)NCC(=O)NC1CCCCC1. The summed E-state index contributed by atoms with van der Waals surface area (Å²) in [6, 6.07) is 0.423. The molecule has 0 bridgehead atoms. The Bertz CT molecular complexity index is 235. The summed E-state index contributed by atoms with van der Waals surface area (Å²) < 4.78 is 0. The van der Waals surface area contributed by atoms with Crippen LogP contribution in [-0.4, -0.2) is 24.0 Å². The third-order valence-electron chi connectivity index (χ3n) is 4.62. The lowest BCUT2D eigenvalue weighted by molar-refractivity contribution is -0.121. The molecule has 1 rings (SSSR count). The maximum atomic E-state index is 11.9. The van der Waals surface area contributed by atoms with E-state index in [1.807, 2.05) is 0 Å². The molecule has 0 aromatic rings. The Balaban J connectivity index is 2.30. The average Bonchev–Trinajstić information content (AvgIpc) is 2.42. The van der Waals surface area contributed by atoms with Crippen molar-refractivity contribution in [3.05, 3.63) is 0 Å². The van der Waals surface area contributed by atoms with Crippen molar-refractivity contribution in [2.24, 2.45) is 0 Å². The molecule has 0 heterocycles. The molecule has 3 heteroatoms. The number of rotatable bonds is 7. The van der Waals surface area contributed by atoms with Crippen molar-refractivity contribution < 1.29 is 4.79 Å². The van der Waals surface area contributed by atoms with Gasteiger partial charge in [-0.1, -0.05) is 40.0 Å². The van der Waals surface area contributed by atoms with E-state index in [9.17, 15) is 4.79 Å². The first-order valence-corrected chi connectivity index (χ1v) is 7.70. The minimum Gasteiger partial charge on any atom is -0.352 e. The van der Waals surface area contributed by atoms with Crippen molar-refractivity contribution in [2.45, 2.75) is 83.7 Å². The zero-order chi connectivity index (χ0) is 13.4. The van der Waals surface area contributed by atoms with E-state index in [0.717, 1.165) is 32.1 Å². The lowest BCUT2D eigenvalue weighted by Gasteiger charge is -2.32. The van der Waals surface area contributed by atoms with Gasteiger partial charge in [0.15, 0.2) is 0 Å². The number of hydrogen-bond donors (Lipinski definition) is 2. The number of amides is 1. The molecule has 1 aliphatic rings. The molecule has 1 amide bonds. The Morgan fingerprint density at radius 1 is 1.06 bits per heavy atom. The van der Waals surface area contributed by atoms with Crippen LogP contribution in [0.3, 0.4) is 0 Å². The number of nitrogens with one attached hydrogen (secondary N) is 2. The van der Waals surface area contributed by atoms with E-state index in [4.69, 9.17) is 0 Å². The molecule has 0 aromatic carbocycles. The molecule has 18 heavy (non-hydrogen) atoms. The topological polar surface area (TPSA) is 41.1 Å². The van der Waals surface area contributed by atoms with Crippen molar-refractivity contribution in [2.75, 3.05) is 6.54 Å². The molecular weight excluding hydrogens is 224 g/mol. The second kappa shape index (κ2) is 7.78. The smallest absolute Gasteiger partial charge is 0.234 e. The Morgan fingerprint density at radius 2 is 1.61 bits per heavy atom. The van der Waals surface area contributed by atoms with Gasteiger partial charge in [0.1, 0.15) is 0 Å². The first-order valence-electron chi connectivity index (χ1n) is 7.70. The maximum absolute atomic E-state index is 11.9. The van der Waals surface area contributed by atoms with Gasteiger partial charge in [0.05, 0.1) is 6.54 Å². The molecule has 1 fully saturated rings. The van der Waals surface area contributed by atoms with Crippen LogP contribution in [0.1, 0.15) is 72.1 Å². The standard InChI is InChI=1S/C15H30N2O/c1-4-15(5-2,6-3)16-12-14(18)17-13-10-8-7-9-11-13/h13,16H,4-12H2,1-3H3,(H,17,18). The highest BCUT2D eigenvalue weighted by Crippen LogP contribution is 2.19. The Kier molecular flexibility index (Phi) is 6.69. The van der Waals surface area contributed by atoms with Crippen LogP contribution in [0.15, 0.2) is 0 Å². The fraction of sp³-hybridized carbons (Fsp3) is 0.933. The number of hydrogen-bond acceptors (Lipinski definition) is 2. The molecule has 0 radical (unpaired) electrons. The molecule has 1 aliphatic carbocycles. The molecule has 0 aliphatic heterocycles. The second-order valence-corrected chi connectivity index (χ2v) is 5.60. The van der Waals surface area contributed by atoms with Gasteiger partial charge in [-0.15, -0.1) is 0 Å². The second-order valence-electron chi connectivity index (χ2n) is 5.60. The van der Waals surface area contributed by atoms with Crippen LogP contribution in [0.4, 0.5) is 0 Å². The van der Waals surface area contributed by atoms with E-state index >= 15 is 0 Å². The maximum Gasteiger partial charge on any atom is 0.234 e.